The van der Waals surface area contributed by atoms with Crippen LogP contribution >= 0.6 is 6.49 Å². The fourth-order valence-electron chi connectivity index (χ4n) is 0.982. The van der Waals surface area contributed by atoms with Crippen molar-refractivity contribution in [2.45, 2.75) is 31.7 Å². The molecule has 0 aliphatic carbocycles. The van der Waals surface area contributed by atoms with Crippen molar-refractivity contribution in [1.29, 1.82) is 0 Å². The molecule has 0 radical (unpaired) electrons. The lowest BCUT2D eigenvalue weighted by molar-refractivity contribution is -0.138. The van der Waals surface area contributed by atoms with Crippen LogP contribution in [-0.4, -0.2) is 33.1 Å². The second-order valence-electron chi connectivity index (χ2n) is 3.18. The molecule has 0 aliphatic rings. The van der Waals surface area contributed by atoms with Gasteiger partial charge in [-0.3, -0.25) is 4.79 Å². The molecule has 5 N–H and O–H groups in total. The van der Waals surface area contributed by atoms with Gasteiger partial charge in [-0.1, -0.05) is 12.8 Å². The first-order valence-electron chi connectivity index (χ1n) is 4.36. The van der Waals surface area contributed by atoms with Gasteiger partial charge in [0, 0.05) is 6.16 Å². The zero-order valence-corrected chi connectivity index (χ0v) is 9.51. The average Bonchev–Trinajstić information content (AvgIpc) is 2.01. The van der Waals surface area contributed by atoms with Crippen LogP contribution in [0.5, 0.6) is 0 Å². The molecular formula is C7H16NO4PS. The van der Waals surface area contributed by atoms with Crippen LogP contribution in [0.1, 0.15) is 25.7 Å². The number of carboxylic acid groups (broad SMARTS) is 1. The minimum atomic E-state index is -3.06. The number of aliphatic carboxylic acids is 1. The van der Waals surface area contributed by atoms with E-state index in [2.05, 4.69) is 11.8 Å². The fourth-order valence-corrected chi connectivity index (χ4v) is 2.01. The third-order valence-corrected chi connectivity index (χ3v) is 3.23. The molecule has 0 saturated heterocycles. The molecule has 0 saturated carbocycles. The molecule has 0 bridgehead atoms. The molecule has 0 fully saturated rings. The van der Waals surface area contributed by atoms with Gasteiger partial charge in [-0.15, -0.1) is 0 Å². The fraction of sp³-hybridized carbons (Fsp3) is 0.857. The van der Waals surface area contributed by atoms with Crippen molar-refractivity contribution in [2.75, 3.05) is 6.16 Å². The van der Waals surface area contributed by atoms with E-state index in [1.165, 1.54) is 0 Å². The molecule has 0 spiro atoms. The van der Waals surface area contributed by atoms with E-state index in [-0.39, 0.29) is 6.16 Å². The number of unbranched alkanes of at least 4 members (excludes halogenated alkanes) is 2. The Balaban J connectivity index is 3.39. The summed E-state index contributed by atoms with van der Waals surface area (Å²) in [5.74, 6) is -1.00. The first-order valence-corrected chi connectivity index (χ1v) is 7.25. The van der Waals surface area contributed by atoms with Crippen molar-refractivity contribution < 1.29 is 19.7 Å². The summed E-state index contributed by atoms with van der Waals surface area (Å²) >= 11 is 4.43. The van der Waals surface area contributed by atoms with Crippen molar-refractivity contribution in [1.82, 2.24) is 0 Å². The molecule has 0 aromatic rings. The number of nitrogens with two attached hydrogens (primary N) is 1. The molecule has 1 atom stereocenters. The minimum Gasteiger partial charge on any atom is -0.480 e. The monoisotopic (exact) mass is 241 g/mol. The molecule has 0 aliphatic heterocycles. The van der Waals surface area contributed by atoms with E-state index >= 15 is 0 Å². The van der Waals surface area contributed by atoms with Gasteiger partial charge in [-0.25, -0.2) is 0 Å². The highest BCUT2D eigenvalue weighted by Gasteiger charge is 2.11. The van der Waals surface area contributed by atoms with E-state index in [1.54, 1.807) is 0 Å². The van der Waals surface area contributed by atoms with Crippen molar-refractivity contribution in [2.24, 2.45) is 5.73 Å². The third-order valence-electron chi connectivity index (χ3n) is 1.78. The summed E-state index contributed by atoms with van der Waals surface area (Å²) < 4.78 is 0. The van der Waals surface area contributed by atoms with E-state index in [1.807, 2.05) is 0 Å². The Kier molecular flexibility index (Phi) is 6.48. The first-order chi connectivity index (χ1) is 6.33. The summed E-state index contributed by atoms with van der Waals surface area (Å²) in [7, 11) is 0. The number of hydrogen-bond donors (Lipinski definition) is 4. The molecular weight excluding hydrogens is 225 g/mol. The molecule has 0 unspecified atom stereocenters. The lowest BCUT2D eigenvalue weighted by atomic mass is 10.1. The minimum absolute atomic E-state index is 0.227. The van der Waals surface area contributed by atoms with Gasteiger partial charge in [0.05, 0.1) is 0 Å². The zero-order valence-electron chi connectivity index (χ0n) is 7.80. The van der Waals surface area contributed by atoms with Crippen molar-refractivity contribution in [3.05, 3.63) is 0 Å². The highest BCUT2D eigenvalue weighted by Crippen LogP contribution is 2.36. The predicted octanol–water partition coefficient (Wildman–Crippen LogP) is 0.253. The Bertz CT molecular complexity index is 230. The van der Waals surface area contributed by atoms with Gasteiger partial charge >= 0.3 is 5.97 Å². The van der Waals surface area contributed by atoms with Gasteiger partial charge in [0.2, 0.25) is 0 Å². The predicted molar refractivity (Wildman–Crippen MR) is 57.7 cm³/mol. The van der Waals surface area contributed by atoms with Gasteiger partial charge in [0.1, 0.15) is 6.04 Å². The van der Waals surface area contributed by atoms with Crippen LogP contribution in [0.2, 0.25) is 0 Å². The quantitative estimate of drug-likeness (QED) is 0.376. The lowest BCUT2D eigenvalue weighted by Gasteiger charge is -2.08. The Morgan fingerprint density at radius 2 is 1.93 bits per heavy atom. The normalized spacial score (nSPS) is 13.9. The van der Waals surface area contributed by atoms with Gasteiger partial charge in [-0.2, -0.15) is 0 Å². The van der Waals surface area contributed by atoms with Crippen LogP contribution in [0.25, 0.3) is 0 Å². The smallest absolute Gasteiger partial charge is 0.320 e. The SMILES string of the molecule is N[C@@H](CCCCCP(O)(O)=S)C(=O)O. The van der Waals surface area contributed by atoms with Gasteiger partial charge in [-0.05, 0) is 24.6 Å². The van der Waals surface area contributed by atoms with Crippen LogP contribution in [0.15, 0.2) is 0 Å². The van der Waals surface area contributed by atoms with Crippen LogP contribution < -0.4 is 5.73 Å². The largest absolute Gasteiger partial charge is 0.480 e. The standard InChI is InChI=1S/C7H16NO4PS/c8-6(7(9)10)4-2-1-3-5-13(11,12)14/h6H,1-5,8H2,(H,9,10)(H2,11,12,14)/t6-/m0/s1. The molecule has 0 aromatic carbocycles. The summed E-state index contributed by atoms with van der Waals surface area (Å²) in [4.78, 5) is 28.1. The number of carboxylic acids is 1. The Hall–Kier alpha value is 0. The molecule has 7 heteroatoms. The Labute approximate surface area is 88.1 Å². The summed E-state index contributed by atoms with van der Waals surface area (Å²) in [5.41, 5.74) is 5.27. The highest BCUT2D eigenvalue weighted by molar-refractivity contribution is 8.09. The van der Waals surface area contributed by atoms with Crippen LogP contribution in [-0.2, 0) is 16.6 Å². The summed E-state index contributed by atoms with van der Waals surface area (Å²) in [6.45, 7) is -3.06. The van der Waals surface area contributed by atoms with Crippen molar-refractivity contribution >= 4 is 24.3 Å². The number of hydrogen-bond acceptors (Lipinski definition) is 3. The second kappa shape index (κ2) is 6.48. The van der Waals surface area contributed by atoms with E-state index < -0.39 is 18.5 Å². The van der Waals surface area contributed by atoms with Crippen LogP contribution in [0.4, 0.5) is 0 Å². The molecule has 0 aromatic heterocycles. The molecule has 0 amide bonds. The van der Waals surface area contributed by atoms with Gasteiger partial charge in [0.25, 0.3) is 0 Å². The zero-order chi connectivity index (χ0) is 11.2. The van der Waals surface area contributed by atoms with E-state index in [0.717, 1.165) is 6.42 Å². The topological polar surface area (TPSA) is 104 Å². The maximum Gasteiger partial charge on any atom is 0.320 e. The Morgan fingerprint density at radius 1 is 1.36 bits per heavy atom. The second-order valence-corrected chi connectivity index (χ2v) is 6.71. The third kappa shape index (κ3) is 8.59. The number of rotatable bonds is 7. The molecule has 14 heavy (non-hydrogen) atoms. The lowest BCUT2D eigenvalue weighted by Crippen LogP contribution is -2.29. The first kappa shape index (κ1) is 14.0. The summed E-state index contributed by atoms with van der Waals surface area (Å²) in [5, 5.41) is 8.45. The Morgan fingerprint density at radius 3 is 2.36 bits per heavy atom. The summed E-state index contributed by atoms with van der Waals surface area (Å²) in [6.07, 6.45) is 2.64. The van der Waals surface area contributed by atoms with E-state index in [4.69, 9.17) is 20.6 Å². The number of carbonyl (C=O) groups is 1. The van der Waals surface area contributed by atoms with Crippen LogP contribution in [0.3, 0.4) is 0 Å². The van der Waals surface area contributed by atoms with Crippen molar-refractivity contribution in [3.8, 4) is 0 Å². The van der Waals surface area contributed by atoms with Crippen LogP contribution in [0, 0.1) is 0 Å². The van der Waals surface area contributed by atoms with E-state index in [0.29, 0.717) is 19.3 Å². The highest BCUT2D eigenvalue weighted by atomic mass is 32.5. The summed E-state index contributed by atoms with van der Waals surface area (Å²) in [6, 6.07) is -0.818. The molecule has 0 heterocycles. The van der Waals surface area contributed by atoms with E-state index in [9.17, 15) is 4.79 Å². The molecule has 84 valence electrons. The van der Waals surface area contributed by atoms with Gasteiger partial charge < -0.3 is 20.6 Å². The molecule has 0 rings (SSSR count). The van der Waals surface area contributed by atoms with Gasteiger partial charge in [0.15, 0.2) is 6.49 Å². The van der Waals surface area contributed by atoms with Crippen molar-refractivity contribution in [3.63, 3.8) is 0 Å². The molecule has 5 nitrogen and oxygen atoms in total. The maximum atomic E-state index is 10.3. The average molecular weight is 241 g/mol. The maximum absolute atomic E-state index is 10.3.